The lowest BCUT2D eigenvalue weighted by molar-refractivity contribution is -0.119. The molecule has 0 radical (unpaired) electrons. The van der Waals surface area contributed by atoms with Crippen LogP contribution in [-0.2, 0) is 4.79 Å². The van der Waals surface area contributed by atoms with Crippen LogP contribution in [0, 0.1) is 18.7 Å². The first kappa shape index (κ1) is 27.3. The van der Waals surface area contributed by atoms with E-state index >= 15 is 0 Å². The van der Waals surface area contributed by atoms with Crippen molar-refractivity contribution >= 4 is 34.8 Å². The Morgan fingerprint density at radius 3 is 2.77 bits per heavy atom. The molecule has 4 aromatic rings. The fourth-order valence-corrected chi connectivity index (χ4v) is 5.16. The van der Waals surface area contributed by atoms with Gasteiger partial charge in [0, 0.05) is 23.4 Å². The van der Waals surface area contributed by atoms with E-state index in [9.17, 15) is 14.0 Å². The van der Waals surface area contributed by atoms with Crippen LogP contribution in [0.4, 0.5) is 15.8 Å². The minimum Gasteiger partial charge on any atom is -0.399 e. The topological polar surface area (TPSA) is 115 Å². The number of nitrogens with zero attached hydrogens (tertiary/aromatic N) is 3. The number of aromatic nitrogens is 3. The normalized spacial score (nSPS) is 17.6. The number of imidazole rings is 1. The van der Waals surface area contributed by atoms with E-state index < -0.39 is 5.82 Å². The molecule has 2 aromatic heterocycles. The molecule has 1 aliphatic heterocycles. The Labute approximate surface area is 236 Å². The summed E-state index contributed by atoms with van der Waals surface area (Å²) in [6.45, 7) is 3.62. The summed E-state index contributed by atoms with van der Waals surface area (Å²) >= 11 is 5.97. The second kappa shape index (κ2) is 11.5. The maximum atomic E-state index is 14.7. The maximum Gasteiger partial charge on any atom is 0.272 e. The first-order chi connectivity index (χ1) is 19.2. The number of hydrogen-bond acceptors (Lipinski definition) is 5. The highest BCUT2D eigenvalue weighted by atomic mass is 35.5. The Morgan fingerprint density at radius 2 is 1.95 bits per heavy atom. The predicted octanol–water partition coefficient (Wildman–Crippen LogP) is 6.24. The smallest absolute Gasteiger partial charge is 0.272 e. The molecule has 0 fully saturated rings. The van der Waals surface area contributed by atoms with E-state index in [1.807, 2.05) is 25.1 Å². The molecular weight excluding hydrogens is 531 g/mol. The number of benzene rings is 2. The molecule has 2 atom stereocenters. The summed E-state index contributed by atoms with van der Waals surface area (Å²) in [6, 6.07) is 13.5. The predicted molar refractivity (Wildman–Crippen MR) is 154 cm³/mol. The molecule has 1 aliphatic rings. The Kier molecular flexibility index (Phi) is 7.84. The van der Waals surface area contributed by atoms with Crippen molar-refractivity contribution in [1.29, 1.82) is 0 Å². The molecule has 2 amide bonds. The monoisotopic (exact) mass is 560 g/mol. The van der Waals surface area contributed by atoms with E-state index in [1.165, 1.54) is 17.0 Å². The quantitative estimate of drug-likeness (QED) is 0.257. The summed E-state index contributed by atoms with van der Waals surface area (Å²) in [4.78, 5) is 35.2. The van der Waals surface area contributed by atoms with E-state index in [0.29, 0.717) is 35.6 Å². The third-order valence-electron chi connectivity index (χ3n) is 7.31. The summed E-state index contributed by atoms with van der Waals surface area (Å²) < 4.78 is 16.2. The lowest BCUT2D eigenvalue weighted by Crippen LogP contribution is -2.29. The van der Waals surface area contributed by atoms with Crippen LogP contribution in [0.15, 0.2) is 61.1 Å². The molecule has 5 rings (SSSR count). The van der Waals surface area contributed by atoms with Gasteiger partial charge in [-0.3, -0.25) is 19.1 Å². The van der Waals surface area contributed by atoms with Crippen molar-refractivity contribution < 1.29 is 14.0 Å². The molecule has 0 saturated carbocycles. The van der Waals surface area contributed by atoms with Crippen molar-refractivity contribution in [3.05, 3.63) is 88.8 Å². The maximum absolute atomic E-state index is 14.7. The molecule has 3 heterocycles. The largest absolute Gasteiger partial charge is 0.399 e. The van der Waals surface area contributed by atoms with Crippen molar-refractivity contribution in [1.82, 2.24) is 19.9 Å². The lowest BCUT2D eigenvalue weighted by Gasteiger charge is -2.20. The van der Waals surface area contributed by atoms with Crippen LogP contribution >= 0.6 is 11.6 Å². The Bertz CT molecular complexity index is 1590. The molecule has 10 heteroatoms. The van der Waals surface area contributed by atoms with Crippen LogP contribution < -0.4 is 16.4 Å². The standard InChI is InChI=1S/C30H30ClFN6O2/c1-17-6-3-4-8-23(19-12-13-34-24(14-19)21-11-10-20(33)15-25(21)37-29(17)39)36-30(40)28-18(2)38(16-35-28)26-9-5-7-22(31)27(26)32/h5,7,9-17,23H,3-4,6,8,33H2,1-2H3,(H,36,40)(H,37,39)/t17-,23+/m1/s1. The third-order valence-corrected chi connectivity index (χ3v) is 7.60. The van der Waals surface area contributed by atoms with Gasteiger partial charge in [-0.2, -0.15) is 0 Å². The summed E-state index contributed by atoms with van der Waals surface area (Å²) in [5, 5.41) is 6.14. The summed E-state index contributed by atoms with van der Waals surface area (Å²) in [7, 11) is 0. The molecule has 0 saturated heterocycles. The van der Waals surface area contributed by atoms with E-state index in [2.05, 4.69) is 20.6 Å². The van der Waals surface area contributed by atoms with Gasteiger partial charge in [0.1, 0.15) is 12.0 Å². The number of carbonyl (C=O) groups is 2. The van der Waals surface area contributed by atoms with Gasteiger partial charge in [0.05, 0.1) is 33.8 Å². The average molecular weight is 561 g/mol. The highest BCUT2D eigenvalue weighted by Gasteiger charge is 2.24. The summed E-state index contributed by atoms with van der Waals surface area (Å²) in [5.41, 5.74) is 10.3. The summed E-state index contributed by atoms with van der Waals surface area (Å²) in [6.07, 6.45) is 6.07. The van der Waals surface area contributed by atoms with Gasteiger partial charge < -0.3 is 16.4 Å². The number of amides is 2. The van der Waals surface area contributed by atoms with Crippen LogP contribution in [0.25, 0.3) is 16.9 Å². The number of nitrogens with one attached hydrogen (secondary N) is 2. The number of hydrogen-bond donors (Lipinski definition) is 3. The molecule has 0 aliphatic carbocycles. The number of rotatable bonds is 3. The highest BCUT2D eigenvalue weighted by molar-refractivity contribution is 6.30. The first-order valence-corrected chi connectivity index (χ1v) is 13.6. The Hall–Kier alpha value is -4.24. The number of nitrogen functional groups attached to an aromatic ring is 1. The summed E-state index contributed by atoms with van der Waals surface area (Å²) in [5.74, 6) is -1.22. The number of carbonyl (C=O) groups excluding carboxylic acids is 2. The van der Waals surface area contributed by atoms with Gasteiger partial charge >= 0.3 is 0 Å². The van der Waals surface area contributed by atoms with Gasteiger partial charge in [0.2, 0.25) is 5.91 Å². The number of nitrogens with two attached hydrogens (primary N) is 1. The minimum atomic E-state index is -0.583. The second-order valence-electron chi connectivity index (χ2n) is 10.1. The molecule has 2 aromatic carbocycles. The molecule has 8 nitrogen and oxygen atoms in total. The van der Waals surface area contributed by atoms with E-state index in [-0.39, 0.29) is 40.2 Å². The molecule has 206 valence electrons. The zero-order chi connectivity index (χ0) is 28.4. The van der Waals surface area contributed by atoms with E-state index in [1.54, 1.807) is 37.4 Å². The third kappa shape index (κ3) is 5.56. The van der Waals surface area contributed by atoms with Crippen molar-refractivity contribution in [2.24, 2.45) is 5.92 Å². The molecule has 0 spiro atoms. The first-order valence-electron chi connectivity index (χ1n) is 13.2. The number of fused-ring (bicyclic) bond motifs is 4. The fraction of sp³-hybridized carbons (Fsp3) is 0.267. The van der Waals surface area contributed by atoms with Crippen LogP contribution in [0.1, 0.15) is 60.4 Å². The van der Waals surface area contributed by atoms with Gasteiger partial charge in [-0.15, -0.1) is 0 Å². The van der Waals surface area contributed by atoms with Gasteiger partial charge in [0.25, 0.3) is 5.91 Å². The molecular formula is C30H30ClFN6O2. The molecule has 0 unspecified atom stereocenters. The van der Waals surface area contributed by atoms with Crippen molar-refractivity contribution in [3.8, 4) is 16.9 Å². The van der Waals surface area contributed by atoms with Crippen LogP contribution in [0.5, 0.6) is 0 Å². The van der Waals surface area contributed by atoms with Gasteiger partial charge in [-0.1, -0.05) is 37.4 Å². The van der Waals surface area contributed by atoms with Crippen LogP contribution in [-0.4, -0.2) is 26.3 Å². The number of anilines is 2. The van der Waals surface area contributed by atoms with Gasteiger partial charge in [0.15, 0.2) is 5.82 Å². The zero-order valence-corrected chi connectivity index (χ0v) is 23.0. The number of halogens is 2. The fourth-order valence-electron chi connectivity index (χ4n) is 4.99. The molecule has 2 bridgehead atoms. The van der Waals surface area contributed by atoms with Gasteiger partial charge in [-0.05, 0) is 67.8 Å². The SMILES string of the molecule is Cc1c(C(=O)N[C@H]2CCCC[C@@H](C)C(=O)Nc3cc(N)ccc3-c3cc2ccn3)ncn1-c1cccc(Cl)c1F. The van der Waals surface area contributed by atoms with Crippen LogP contribution in [0.2, 0.25) is 5.02 Å². The molecule has 4 N–H and O–H groups in total. The van der Waals surface area contributed by atoms with E-state index in [0.717, 1.165) is 24.0 Å². The highest BCUT2D eigenvalue weighted by Crippen LogP contribution is 2.32. The molecule has 40 heavy (non-hydrogen) atoms. The van der Waals surface area contributed by atoms with Gasteiger partial charge in [-0.25, -0.2) is 9.37 Å². The number of pyridine rings is 1. The van der Waals surface area contributed by atoms with Crippen LogP contribution in [0.3, 0.4) is 0 Å². The Morgan fingerprint density at radius 1 is 1.15 bits per heavy atom. The Balaban J connectivity index is 1.48. The second-order valence-corrected chi connectivity index (χ2v) is 10.5. The zero-order valence-electron chi connectivity index (χ0n) is 22.2. The van der Waals surface area contributed by atoms with Crippen molar-refractivity contribution in [2.75, 3.05) is 11.1 Å². The minimum absolute atomic E-state index is 0.00964. The lowest BCUT2D eigenvalue weighted by atomic mass is 9.97. The van der Waals surface area contributed by atoms with E-state index in [4.69, 9.17) is 17.3 Å². The van der Waals surface area contributed by atoms with Crippen molar-refractivity contribution in [2.45, 2.75) is 45.6 Å². The average Bonchev–Trinajstić information content (AvgIpc) is 3.32. The van der Waals surface area contributed by atoms with Crippen molar-refractivity contribution in [3.63, 3.8) is 0 Å².